The van der Waals surface area contributed by atoms with E-state index in [-0.39, 0.29) is 12.0 Å². The highest BCUT2D eigenvalue weighted by Crippen LogP contribution is 2.28. The highest BCUT2D eigenvalue weighted by atomic mass is 32.1. The van der Waals surface area contributed by atoms with Gasteiger partial charge >= 0.3 is 5.97 Å². The molecule has 2 unspecified atom stereocenters. The van der Waals surface area contributed by atoms with E-state index in [0.717, 1.165) is 6.42 Å². The Morgan fingerprint density at radius 2 is 2.59 bits per heavy atom. The largest absolute Gasteiger partial charge is 0.465 e. The van der Waals surface area contributed by atoms with Gasteiger partial charge in [0.2, 0.25) is 0 Å². The van der Waals surface area contributed by atoms with Gasteiger partial charge in [-0.25, -0.2) is 0 Å². The van der Waals surface area contributed by atoms with Gasteiger partial charge in [-0.15, -0.1) is 11.3 Å². The molecular formula is C12H17NO3S. The molecule has 1 saturated heterocycles. The van der Waals surface area contributed by atoms with E-state index in [0.29, 0.717) is 19.8 Å². The first-order chi connectivity index (χ1) is 8.13. The summed E-state index contributed by atoms with van der Waals surface area (Å²) < 4.78 is 10.5. The minimum absolute atomic E-state index is 0.251. The summed E-state index contributed by atoms with van der Waals surface area (Å²) in [6.07, 6.45) is 0.760. The fraction of sp³-hybridized carbons (Fsp3) is 0.583. The Hall–Kier alpha value is -0.910. The first-order valence-corrected chi connectivity index (χ1v) is 6.54. The molecule has 5 heteroatoms. The lowest BCUT2D eigenvalue weighted by Gasteiger charge is -2.24. The summed E-state index contributed by atoms with van der Waals surface area (Å²) in [5.74, 6) is -0.251. The number of rotatable bonds is 4. The number of hydrogen-bond acceptors (Lipinski definition) is 5. The van der Waals surface area contributed by atoms with Crippen LogP contribution in [0.3, 0.4) is 0 Å². The van der Waals surface area contributed by atoms with E-state index in [4.69, 9.17) is 15.2 Å². The lowest BCUT2D eigenvalue weighted by atomic mass is 9.86. The van der Waals surface area contributed by atoms with E-state index >= 15 is 0 Å². The maximum absolute atomic E-state index is 11.9. The Morgan fingerprint density at radius 1 is 1.76 bits per heavy atom. The SMILES string of the molecule is CC1(C(=O)OCCc2cccs2)COCC1N. The molecule has 2 heterocycles. The number of carbonyl (C=O) groups is 1. The van der Waals surface area contributed by atoms with Gasteiger partial charge in [-0.05, 0) is 18.4 Å². The lowest BCUT2D eigenvalue weighted by Crippen LogP contribution is -2.45. The zero-order valence-corrected chi connectivity index (χ0v) is 10.7. The molecule has 0 aromatic carbocycles. The molecule has 4 nitrogen and oxygen atoms in total. The minimum Gasteiger partial charge on any atom is -0.465 e. The molecule has 0 amide bonds. The summed E-state index contributed by atoms with van der Waals surface area (Å²) in [6.45, 7) is 2.99. The van der Waals surface area contributed by atoms with Crippen molar-refractivity contribution in [3.05, 3.63) is 22.4 Å². The molecule has 94 valence electrons. The van der Waals surface area contributed by atoms with Crippen molar-refractivity contribution in [2.24, 2.45) is 11.1 Å². The topological polar surface area (TPSA) is 61.5 Å². The second-order valence-corrected chi connectivity index (χ2v) is 5.54. The molecule has 0 spiro atoms. The van der Waals surface area contributed by atoms with E-state index < -0.39 is 5.41 Å². The summed E-state index contributed by atoms with van der Waals surface area (Å²) in [5.41, 5.74) is 5.17. The van der Waals surface area contributed by atoms with Crippen LogP contribution in [0.15, 0.2) is 17.5 Å². The van der Waals surface area contributed by atoms with E-state index in [2.05, 4.69) is 0 Å². The third-order valence-electron chi connectivity index (χ3n) is 3.15. The van der Waals surface area contributed by atoms with Crippen molar-refractivity contribution in [3.63, 3.8) is 0 Å². The van der Waals surface area contributed by atoms with Gasteiger partial charge in [-0.1, -0.05) is 6.07 Å². The number of thiophene rings is 1. The number of hydrogen-bond donors (Lipinski definition) is 1. The van der Waals surface area contributed by atoms with Crippen molar-refractivity contribution >= 4 is 17.3 Å². The molecule has 2 rings (SSSR count). The van der Waals surface area contributed by atoms with Crippen molar-refractivity contribution in [3.8, 4) is 0 Å². The smallest absolute Gasteiger partial charge is 0.315 e. The van der Waals surface area contributed by atoms with E-state index in [1.165, 1.54) is 4.88 Å². The van der Waals surface area contributed by atoms with Crippen molar-refractivity contribution in [2.75, 3.05) is 19.8 Å². The second-order valence-electron chi connectivity index (χ2n) is 4.50. The van der Waals surface area contributed by atoms with Crippen molar-refractivity contribution in [1.29, 1.82) is 0 Å². The van der Waals surface area contributed by atoms with Crippen LogP contribution in [0, 0.1) is 5.41 Å². The number of ether oxygens (including phenoxy) is 2. The van der Waals surface area contributed by atoms with E-state index in [9.17, 15) is 4.79 Å². The molecule has 1 aromatic rings. The Kier molecular flexibility index (Phi) is 3.81. The fourth-order valence-corrected chi connectivity index (χ4v) is 2.45. The Balaban J connectivity index is 1.81. The van der Waals surface area contributed by atoms with Crippen LogP contribution in [0.4, 0.5) is 0 Å². The van der Waals surface area contributed by atoms with Crippen LogP contribution in [-0.4, -0.2) is 31.8 Å². The van der Waals surface area contributed by atoms with Gasteiger partial charge in [0.1, 0.15) is 5.41 Å². The third kappa shape index (κ3) is 2.68. The zero-order chi connectivity index (χ0) is 12.3. The van der Waals surface area contributed by atoms with Crippen LogP contribution in [0.2, 0.25) is 0 Å². The fourth-order valence-electron chi connectivity index (χ4n) is 1.76. The number of nitrogens with two attached hydrogens (primary N) is 1. The molecule has 0 saturated carbocycles. The normalized spacial score (nSPS) is 28.2. The second kappa shape index (κ2) is 5.16. The molecule has 2 atom stereocenters. The highest BCUT2D eigenvalue weighted by molar-refractivity contribution is 7.09. The predicted octanol–water partition coefficient (Wildman–Crippen LogP) is 1.20. The van der Waals surface area contributed by atoms with E-state index in [1.54, 1.807) is 18.3 Å². The van der Waals surface area contributed by atoms with E-state index in [1.807, 2.05) is 17.5 Å². The van der Waals surface area contributed by atoms with Crippen molar-refractivity contribution in [2.45, 2.75) is 19.4 Å². The maximum atomic E-state index is 11.9. The minimum atomic E-state index is -0.685. The van der Waals surface area contributed by atoms with Gasteiger partial charge in [-0.2, -0.15) is 0 Å². The highest BCUT2D eigenvalue weighted by Gasteiger charge is 2.45. The summed E-state index contributed by atoms with van der Waals surface area (Å²) in [5, 5.41) is 2.01. The third-order valence-corrected chi connectivity index (χ3v) is 4.08. The molecule has 0 bridgehead atoms. The average Bonchev–Trinajstić information content (AvgIpc) is 2.91. The van der Waals surface area contributed by atoms with Gasteiger partial charge in [0.25, 0.3) is 0 Å². The summed E-state index contributed by atoms with van der Waals surface area (Å²) in [7, 11) is 0. The summed E-state index contributed by atoms with van der Waals surface area (Å²) in [4.78, 5) is 13.1. The first-order valence-electron chi connectivity index (χ1n) is 5.66. The summed E-state index contributed by atoms with van der Waals surface area (Å²) >= 11 is 1.67. The molecule has 1 aliphatic heterocycles. The van der Waals surface area contributed by atoms with Gasteiger partial charge < -0.3 is 15.2 Å². The molecule has 17 heavy (non-hydrogen) atoms. The van der Waals surface area contributed by atoms with Crippen LogP contribution < -0.4 is 5.73 Å². The number of carbonyl (C=O) groups excluding carboxylic acids is 1. The molecule has 0 radical (unpaired) electrons. The van der Waals surface area contributed by atoms with Crippen LogP contribution in [-0.2, 0) is 20.7 Å². The van der Waals surface area contributed by atoms with Crippen LogP contribution in [0.1, 0.15) is 11.8 Å². The van der Waals surface area contributed by atoms with Crippen LogP contribution in [0.5, 0.6) is 0 Å². The predicted molar refractivity (Wildman–Crippen MR) is 65.9 cm³/mol. The van der Waals surface area contributed by atoms with Gasteiger partial charge in [0.15, 0.2) is 0 Å². The molecular weight excluding hydrogens is 238 g/mol. The van der Waals surface area contributed by atoms with Gasteiger partial charge in [0.05, 0.1) is 19.8 Å². The van der Waals surface area contributed by atoms with Gasteiger partial charge in [0, 0.05) is 17.3 Å². The first kappa shape index (κ1) is 12.5. The zero-order valence-electron chi connectivity index (χ0n) is 9.85. The number of esters is 1. The van der Waals surface area contributed by atoms with Crippen LogP contribution in [0.25, 0.3) is 0 Å². The quantitative estimate of drug-likeness (QED) is 0.821. The van der Waals surface area contributed by atoms with Crippen LogP contribution >= 0.6 is 11.3 Å². The molecule has 0 aliphatic carbocycles. The Labute approximate surface area is 105 Å². The molecule has 2 N–H and O–H groups in total. The van der Waals surface area contributed by atoms with Gasteiger partial charge in [-0.3, -0.25) is 4.79 Å². The molecule has 1 aromatic heterocycles. The molecule has 1 fully saturated rings. The standard InChI is InChI=1S/C12H17NO3S/c1-12(8-15-7-10(12)13)11(14)16-5-4-9-3-2-6-17-9/h2-3,6,10H,4-5,7-8,13H2,1H3. The van der Waals surface area contributed by atoms with Crippen molar-refractivity contribution in [1.82, 2.24) is 0 Å². The lowest BCUT2D eigenvalue weighted by molar-refractivity contribution is -0.155. The average molecular weight is 255 g/mol. The van der Waals surface area contributed by atoms with Crippen molar-refractivity contribution < 1.29 is 14.3 Å². The monoisotopic (exact) mass is 255 g/mol. The summed E-state index contributed by atoms with van der Waals surface area (Å²) in [6, 6.07) is 3.76. The maximum Gasteiger partial charge on any atom is 0.315 e. The molecule has 1 aliphatic rings. The Morgan fingerprint density at radius 3 is 3.18 bits per heavy atom. The Bertz CT molecular complexity index is 379.